The van der Waals surface area contributed by atoms with Gasteiger partial charge in [0.05, 0.1) is 6.26 Å². The van der Waals surface area contributed by atoms with E-state index in [1.54, 1.807) is 0 Å². The minimum absolute atomic E-state index is 0.305. The van der Waals surface area contributed by atoms with E-state index < -0.39 is 28.7 Å². The van der Waals surface area contributed by atoms with E-state index in [1.165, 1.54) is 0 Å². The summed E-state index contributed by atoms with van der Waals surface area (Å²) in [5.41, 5.74) is 0. The van der Waals surface area contributed by atoms with E-state index >= 15 is 0 Å². The van der Waals surface area contributed by atoms with Gasteiger partial charge in [-0.15, -0.1) is 0 Å². The van der Waals surface area contributed by atoms with E-state index in [0.717, 1.165) is 0 Å². The maximum absolute atomic E-state index is 12.2. The highest BCUT2D eigenvalue weighted by molar-refractivity contribution is 7.88. The molecule has 1 N–H and O–H groups in total. The Balaban J connectivity index is 4.58. The van der Waals surface area contributed by atoms with Gasteiger partial charge in [0.2, 0.25) is 16.2 Å². The van der Waals surface area contributed by atoms with Crippen molar-refractivity contribution in [1.29, 1.82) is 0 Å². The van der Waals surface area contributed by atoms with E-state index in [0.29, 0.717) is 11.0 Å². The molecule has 0 aliphatic heterocycles. The lowest BCUT2D eigenvalue weighted by molar-refractivity contribution is -0.133. The van der Waals surface area contributed by atoms with E-state index in [2.05, 4.69) is 0 Å². The van der Waals surface area contributed by atoms with E-state index in [4.69, 9.17) is 0 Å². The lowest BCUT2D eigenvalue weighted by Crippen LogP contribution is -2.50. The molecule has 0 radical (unpaired) electrons. The Morgan fingerprint density at radius 3 is 1.85 bits per heavy atom. The Morgan fingerprint density at radius 2 is 1.62 bits per heavy atom. The largest absolute Gasteiger partial charge is 0.351 e. The Bertz CT molecular complexity index is 264. The second kappa shape index (κ2) is 3.74. The molecule has 1 unspecified atom stereocenters. The van der Waals surface area contributed by atoms with Gasteiger partial charge in [-0.25, -0.2) is 21.6 Å². The summed E-state index contributed by atoms with van der Waals surface area (Å²) in [6.45, 7) is 0. The first-order valence-corrected chi connectivity index (χ1v) is 4.74. The Labute approximate surface area is 71.0 Å². The number of rotatable bonds is 4. The highest BCUT2D eigenvalue weighted by atomic mass is 32.2. The van der Waals surface area contributed by atoms with Crippen LogP contribution in [-0.2, 0) is 10.0 Å². The van der Waals surface area contributed by atoms with Gasteiger partial charge in [0.1, 0.15) is 0 Å². The third-order valence-corrected chi connectivity index (χ3v) is 1.53. The van der Waals surface area contributed by atoms with E-state index in [-0.39, 0.29) is 0 Å². The van der Waals surface area contributed by atoms with Gasteiger partial charge in [0, 0.05) is 0 Å². The highest BCUT2D eigenvalue weighted by Gasteiger charge is 2.48. The number of hydrogen-bond donors (Lipinski definition) is 1. The van der Waals surface area contributed by atoms with Crippen LogP contribution in [0, 0.1) is 0 Å². The lowest BCUT2D eigenvalue weighted by atomic mass is 10.3. The van der Waals surface area contributed by atoms with Gasteiger partial charge < -0.3 is 0 Å². The summed E-state index contributed by atoms with van der Waals surface area (Å²) >= 11 is 0. The summed E-state index contributed by atoms with van der Waals surface area (Å²) in [5.74, 6) is 0. The SMILES string of the molecule is CS(=O)(=O)NC(F)(F)C(F)C(F)F. The minimum atomic E-state index is -4.79. The Hall–Kier alpha value is -0.440. The molecule has 0 spiro atoms. The van der Waals surface area contributed by atoms with Crippen molar-refractivity contribution in [3.63, 3.8) is 0 Å². The zero-order chi connectivity index (χ0) is 10.9. The average Bonchev–Trinajstić information content (AvgIpc) is 1.80. The smallest absolute Gasteiger partial charge is 0.233 e. The quantitative estimate of drug-likeness (QED) is 0.568. The molecule has 3 nitrogen and oxygen atoms in total. The molecule has 0 aromatic carbocycles. The Morgan fingerprint density at radius 1 is 1.23 bits per heavy atom. The first-order chi connectivity index (χ1) is 5.56. The number of sulfonamides is 1. The van der Waals surface area contributed by atoms with Gasteiger partial charge in [-0.1, -0.05) is 0 Å². The van der Waals surface area contributed by atoms with Crippen LogP contribution >= 0.6 is 0 Å². The van der Waals surface area contributed by atoms with Crippen molar-refractivity contribution in [2.75, 3.05) is 6.26 Å². The fraction of sp³-hybridized carbons (Fsp3) is 1.00. The van der Waals surface area contributed by atoms with Crippen LogP contribution < -0.4 is 4.72 Å². The number of hydrogen-bond acceptors (Lipinski definition) is 2. The summed E-state index contributed by atoms with van der Waals surface area (Å²) in [7, 11) is -4.43. The molecule has 80 valence electrons. The molecular weight excluding hydrogens is 221 g/mol. The molecule has 0 amide bonds. The second-order valence-electron chi connectivity index (χ2n) is 2.23. The monoisotopic (exact) mass is 227 g/mol. The number of alkyl halides is 5. The van der Waals surface area contributed by atoms with E-state index in [9.17, 15) is 30.4 Å². The van der Waals surface area contributed by atoms with Crippen molar-refractivity contribution in [2.24, 2.45) is 0 Å². The zero-order valence-electron chi connectivity index (χ0n) is 6.27. The van der Waals surface area contributed by atoms with Crippen molar-refractivity contribution in [2.45, 2.75) is 18.6 Å². The van der Waals surface area contributed by atoms with Crippen LogP contribution in [0.25, 0.3) is 0 Å². The Kier molecular flexibility index (Phi) is 3.62. The summed E-state index contributed by atoms with van der Waals surface area (Å²) in [5, 5.41) is 0. The molecule has 0 saturated heterocycles. The molecule has 0 rings (SSSR count). The summed E-state index contributed by atoms with van der Waals surface area (Å²) < 4.78 is 80.1. The number of nitrogens with one attached hydrogen (secondary N) is 1. The molecule has 0 saturated carbocycles. The van der Waals surface area contributed by atoms with Crippen LogP contribution in [0.2, 0.25) is 0 Å². The number of halogens is 5. The summed E-state index contributed by atoms with van der Waals surface area (Å²) in [6.07, 6.45) is -7.51. The van der Waals surface area contributed by atoms with Crippen LogP contribution in [0.15, 0.2) is 0 Å². The zero-order valence-corrected chi connectivity index (χ0v) is 7.09. The van der Waals surface area contributed by atoms with Crippen LogP contribution in [0.5, 0.6) is 0 Å². The highest BCUT2D eigenvalue weighted by Crippen LogP contribution is 2.24. The summed E-state index contributed by atoms with van der Waals surface area (Å²) in [6, 6.07) is -4.79. The molecule has 0 aromatic rings. The van der Waals surface area contributed by atoms with Crippen molar-refractivity contribution >= 4 is 10.0 Å². The van der Waals surface area contributed by atoms with Crippen LogP contribution in [0.4, 0.5) is 22.0 Å². The standard InChI is InChI=1S/C4H6F5NO2S/c1-13(11,12)10-4(8,9)2(5)3(6)7/h2-3,10H,1H3. The molecule has 0 aliphatic rings. The van der Waals surface area contributed by atoms with Crippen LogP contribution in [0.3, 0.4) is 0 Å². The third-order valence-electron chi connectivity index (χ3n) is 0.889. The van der Waals surface area contributed by atoms with Gasteiger partial charge in [-0.3, -0.25) is 0 Å². The fourth-order valence-electron chi connectivity index (χ4n) is 0.462. The predicted octanol–water partition coefficient (Wildman–Crippen LogP) is 0.732. The lowest BCUT2D eigenvalue weighted by Gasteiger charge is -2.19. The molecule has 0 aliphatic carbocycles. The van der Waals surface area contributed by atoms with Gasteiger partial charge in [0.15, 0.2) is 0 Å². The van der Waals surface area contributed by atoms with Crippen LogP contribution in [0.1, 0.15) is 0 Å². The maximum Gasteiger partial charge on any atom is 0.351 e. The van der Waals surface area contributed by atoms with Crippen molar-refractivity contribution < 1.29 is 30.4 Å². The van der Waals surface area contributed by atoms with Gasteiger partial charge in [-0.2, -0.15) is 13.5 Å². The van der Waals surface area contributed by atoms with Crippen molar-refractivity contribution in [1.82, 2.24) is 4.72 Å². The fourth-order valence-corrected chi connectivity index (χ4v) is 1.07. The predicted molar refractivity (Wildman–Crippen MR) is 33.8 cm³/mol. The molecule has 13 heavy (non-hydrogen) atoms. The van der Waals surface area contributed by atoms with Crippen LogP contribution in [-0.4, -0.2) is 33.3 Å². The van der Waals surface area contributed by atoms with E-state index in [1.807, 2.05) is 0 Å². The van der Waals surface area contributed by atoms with Gasteiger partial charge in [0.25, 0.3) is 6.43 Å². The molecule has 0 fully saturated rings. The minimum Gasteiger partial charge on any atom is -0.233 e. The second-order valence-corrected chi connectivity index (χ2v) is 3.98. The first kappa shape index (κ1) is 12.6. The van der Waals surface area contributed by atoms with Crippen molar-refractivity contribution in [3.05, 3.63) is 0 Å². The average molecular weight is 227 g/mol. The van der Waals surface area contributed by atoms with Gasteiger partial charge >= 0.3 is 6.05 Å². The summed E-state index contributed by atoms with van der Waals surface area (Å²) in [4.78, 5) is 0. The third kappa shape index (κ3) is 4.36. The molecule has 0 heterocycles. The molecule has 0 bridgehead atoms. The normalized spacial score (nSPS) is 16.2. The molecule has 0 aromatic heterocycles. The molecule has 9 heteroatoms. The first-order valence-electron chi connectivity index (χ1n) is 2.85. The van der Waals surface area contributed by atoms with Crippen molar-refractivity contribution in [3.8, 4) is 0 Å². The van der Waals surface area contributed by atoms with Gasteiger partial charge in [-0.05, 0) is 0 Å². The molecule has 1 atom stereocenters. The maximum atomic E-state index is 12.2. The topological polar surface area (TPSA) is 46.2 Å². The molecular formula is C4H6F5NO2S.